The predicted octanol–water partition coefficient (Wildman–Crippen LogP) is 5.90. The van der Waals surface area contributed by atoms with Gasteiger partial charge in [0, 0.05) is 5.02 Å². The van der Waals surface area contributed by atoms with Gasteiger partial charge in [-0.15, -0.1) is 0 Å². The summed E-state index contributed by atoms with van der Waals surface area (Å²) < 4.78 is 7.34. The second-order valence-corrected chi connectivity index (χ2v) is 6.53. The third-order valence-electron chi connectivity index (χ3n) is 3.70. The molecule has 1 aromatic heterocycles. The van der Waals surface area contributed by atoms with Gasteiger partial charge in [-0.2, -0.15) is 10.5 Å². The van der Waals surface area contributed by atoms with Gasteiger partial charge in [-0.1, -0.05) is 53.0 Å². The van der Waals surface area contributed by atoms with Crippen molar-refractivity contribution in [3.63, 3.8) is 0 Å². The first kappa shape index (κ1) is 18.2. The van der Waals surface area contributed by atoms with Crippen molar-refractivity contribution >= 4 is 34.8 Å². The van der Waals surface area contributed by atoms with Gasteiger partial charge in [-0.05, 0) is 35.9 Å². The van der Waals surface area contributed by atoms with Gasteiger partial charge < -0.3 is 4.74 Å². The minimum absolute atomic E-state index is 0.0458. The van der Waals surface area contributed by atoms with Crippen LogP contribution in [-0.2, 0) is 6.73 Å². The van der Waals surface area contributed by atoms with Crippen LogP contribution in [0.3, 0.4) is 0 Å². The van der Waals surface area contributed by atoms with Crippen molar-refractivity contribution in [1.82, 2.24) is 4.57 Å². The van der Waals surface area contributed by atoms with Crippen molar-refractivity contribution in [3.05, 3.63) is 74.9 Å². The average molecular weight is 403 g/mol. The molecule has 0 fully saturated rings. The molecule has 0 aliphatic rings. The molecule has 2 aromatic carbocycles. The van der Waals surface area contributed by atoms with Gasteiger partial charge in [-0.25, -0.2) is 0 Å². The number of hydrogen-bond acceptors (Lipinski definition) is 3. The molecule has 26 heavy (non-hydrogen) atoms. The third kappa shape index (κ3) is 3.49. The Morgan fingerprint density at radius 2 is 1.62 bits per heavy atom. The molecule has 0 unspecified atom stereocenters. The van der Waals surface area contributed by atoms with E-state index in [1.165, 1.54) is 0 Å². The lowest BCUT2D eigenvalue weighted by molar-refractivity contribution is 0.238. The number of ether oxygens (including phenoxy) is 1. The molecule has 128 valence electrons. The normalized spacial score (nSPS) is 10.2. The smallest absolute Gasteiger partial charge is 0.166 e. The van der Waals surface area contributed by atoms with Gasteiger partial charge in [0.15, 0.2) is 12.5 Å². The zero-order valence-corrected chi connectivity index (χ0v) is 15.5. The lowest BCUT2D eigenvalue weighted by atomic mass is 10.1. The summed E-state index contributed by atoms with van der Waals surface area (Å²) in [5, 5.41) is 20.1. The minimum atomic E-state index is -0.0458. The van der Waals surface area contributed by atoms with Crippen LogP contribution in [0.1, 0.15) is 11.3 Å². The molecule has 3 aromatic rings. The summed E-state index contributed by atoms with van der Waals surface area (Å²) >= 11 is 18.3. The highest BCUT2D eigenvalue weighted by molar-refractivity contribution is 6.37. The summed E-state index contributed by atoms with van der Waals surface area (Å²) in [7, 11) is 0. The van der Waals surface area contributed by atoms with Crippen molar-refractivity contribution in [2.45, 2.75) is 6.73 Å². The van der Waals surface area contributed by atoms with Crippen LogP contribution >= 0.6 is 34.8 Å². The van der Waals surface area contributed by atoms with E-state index in [4.69, 9.17) is 39.5 Å². The fourth-order valence-corrected chi connectivity index (χ4v) is 3.22. The van der Waals surface area contributed by atoms with Gasteiger partial charge in [0.05, 0.1) is 21.3 Å². The van der Waals surface area contributed by atoms with Crippen molar-refractivity contribution in [1.29, 1.82) is 10.5 Å². The molecule has 0 radical (unpaired) electrons. The molecular weight excluding hydrogens is 393 g/mol. The fraction of sp³-hybridized carbons (Fsp3) is 0.0526. The Hall–Kier alpha value is -2.63. The Kier molecular flexibility index (Phi) is 5.40. The summed E-state index contributed by atoms with van der Waals surface area (Å²) in [5.41, 5.74) is 1.81. The maximum Gasteiger partial charge on any atom is 0.166 e. The number of para-hydroxylation sites is 1. The first-order valence-electron chi connectivity index (χ1n) is 7.41. The topological polar surface area (TPSA) is 61.7 Å². The highest BCUT2D eigenvalue weighted by Gasteiger charge is 2.18. The van der Waals surface area contributed by atoms with Crippen LogP contribution in [0.5, 0.6) is 5.75 Å². The molecule has 0 spiro atoms. The summed E-state index contributed by atoms with van der Waals surface area (Å²) in [6.07, 6.45) is 0. The summed E-state index contributed by atoms with van der Waals surface area (Å²) in [6.45, 7) is -0.0458. The zero-order chi connectivity index (χ0) is 18.7. The Bertz CT molecular complexity index is 1040. The predicted molar refractivity (Wildman–Crippen MR) is 101 cm³/mol. The maximum absolute atomic E-state index is 9.50. The van der Waals surface area contributed by atoms with E-state index in [2.05, 4.69) is 0 Å². The molecule has 4 nitrogen and oxygen atoms in total. The van der Waals surface area contributed by atoms with E-state index < -0.39 is 0 Å². The van der Waals surface area contributed by atoms with E-state index in [0.717, 1.165) is 5.56 Å². The van der Waals surface area contributed by atoms with Crippen LogP contribution in [0.2, 0.25) is 15.1 Å². The number of halogens is 3. The standard InChI is InChI=1S/C19H10Cl3N3O/c20-14-4-1-3-12(7-14)17-8-13(9-23)18(10-24)25(17)11-26-19-15(21)5-2-6-16(19)22/h1-8H,11H2. The molecule has 1 heterocycles. The number of benzene rings is 2. The van der Waals surface area contributed by atoms with E-state index >= 15 is 0 Å². The molecule has 3 rings (SSSR count). The Morgan fingerprint density at radius 3 is 2.23 bits per heavy atom. The molecule has 7 heteroatoms. The van der Waals surface area contributed by atoms with Crippen molar-refractivity contribution < 1.29 is 4.74 Å². The summed E-state index contributed by atoms with van der Waals surface area (Å²) in [5.74, 6) is 0.309. The molecule has 0 atom stereocenters. The SMILES string of the molecule is N#Cc1cc(-c2cccc(Cl)c2)n(COc2c(Cl)cccc2Cl)c1C#N. The summed E-state index contributed by atoms with van der Waals surface area (Å²) in [6, 6.07) is 17.8. The van der Waals surface area contributed by atoms with Crippen molar-refractivity contribution in [2.75, 3.05) is 0 Å². The fourth-order valence-electron chi connectivity index (χ4n) is 2.53. The van der Waals surface area contributed by atoms with Crippen LogP contribution in [0.25, 0.3) is 11.3 Å². The molecular formula is C19H10Cl3N3O. The maximum atomic E-state index is 9.50. The molecule has 0 aliphatic heterocycles. The minimum Gasteiger partial charge on any atom is -0.470 e. The molecule has 0 saturated carbocycles. The second kappa shape index (κ2) is 7.72. The quantitative estimate of drug-likeness (QED) is 0.546. The number of nitriles is 2. The van der Waals surface area contributed by atoms with Gasteiger partial charge in [-0.3, -0.25) is 4.57 Å². The number of aromatic nitrogens is 1. The lowest BCUT2D eigenvalue weighted by Gasteiger charge is -2.14. The van der Waals surface area contributed by atoms with E-state index in [-0.39, 0.29) is 18.0 Å². The largest absolute Gasteiger partial charge is 0.470 e. The monoisotopic (exact) mass is 401 g/mol. The van der Waals surface area contributed by atoms with E-state index in [1.807, 2.05) is 18.2 Å². The molecule has 0 amide bonds. The third-order valence-corrected chi connectivity index (χ3v) is 4.53. The van der Waals surface area contributed by atoms with E-state index in [0.29, 0.717) is 26.5 Å². The van der Waals surface area contributed by atoms with Gasteiger partial charge in [0.1, 0.15) is 17.8 Å². The zero-order valence-electron chi connectivity index (χ0n) is 13.2. The number of rotatable bonds is 4. The van der Waals surface area contributed by atoms with Crippen LogP contribution in [0.15, 0.2) is 48.5 Å². The van der Waals surface area contributed by atoms with E-state index in [9.17, 15) is 10.5 Å². The molecule has 0 aliphatic carbocycles. The first-order chi connectivity index (χ1) is 12.5. The van der Waals surface area contributed by atoms with Crippen LogP contribution in [0, 0.1) is 22.7 Å². The van der Waals surface area contributed by atoms with Crippen LogP contribution < -0.4 is 4.74 Å². The second-order valence-electron chi connectivity index (χ2n) is 5.28. The Labute approximate surface area is 165 Å². The number of nitrogens with zero attached hydrogens (tertiary/aromatic N) is 3. The van der Waals surface area contributed by atoms with Crippen molar-refractivity contribution in [3.8, 4) is 29.1 Å². The van der Waals surface area contributed by atoms with E-state index in [1.54, 1.807) is 47.0 Å². The summed E-state index contributed by atoms with van der Waals surface area (Å²) in [4.78, 5) is 0. The first-order valence-corrected chi connectivity index (χ1v) is 8.55. The Morgan fingerprint density at radius 1 is 0.923 bits per heavy atom. The number of hydrogen-bond donors (Lipinski definition) is 0. The van der Waals surface area contributed by atoms with Gasteiger partial charge >= 0.3 is 0 Å². The Balaban J connectivity index is 2.07. The lowest BCUT2D eigenvalue weighted by Crippen LogP contribution is -2.09. The molecule has 0 N–H and O–H groups in total. The molecule has 0 bridgehead atoms. The van der Waals surface area contributed by atoms with Gasteiger partial charge in [0.25, 0.3) is 0 Å². The van der Waals surface area contributed by atoms with Crippen molar-refractivity contribution in [2.24, 2.45) is 0 Å². The highest BCUT2D eigenvalue weighted by atomic mass is 35.5. The van der Waals surface area contributed by atoms with Crippen LogP contribution in [0.4, 0.5) is 0 Å². The highest BCUT2D eigenvalue weighted by Crippen LogP contribution is 2.34. The van der Waals surface area contributed by atoms with Crippen LogP contribution in [-0.4, -0.2) is 4.57 Å². The molecule has 0 saturated heterocycles. The van der Waals surface area contributed by atoms with Gasteiger partial charge in [0.2, 0.25) is 0 Å². The average Bonchev–Trinajstić information content (AvgIpc) is 2.99.